The highest BCUT2D eigenvalue weighted by Crippen LogP contribution is 2.21. The van der Waals surface area contributed by atoms with Crippen LogP contribution in [-0.4, -0.2) is 9.97 Å². The van der Waals surface area contributed by atoms with Crippen LogP contribution in [0.15, 0.2) is 21.0 Å². The van der Waals surface area contributed by atoms with Crippen LogP contribution < -0.4 is 0 Å². The molecule has 0 fully saturated rings. The van der Waals surface area contributed by atoms with Crippen LogP contribution in [0.4, 0.5) is 0 Å². The molecule has 0 N–H and O–H groups in total. The lowest BCUT2D eigenvalue weighted by molar-refractivity contribution is 0.549. The van der Waals surface area contributed by atoms with Gasteiger partial charge >= 0.3 is 0 Å². The van der Waals surface area contributed by atoms with Crippen molar-refractivity contribution in [1.29, 1.82) is 0 Å². The van der Waals surface area contributed by atoms with Gasteiger partial charge in [0, 0.05) is 12.1 Å². The Hall–Kier alpha value is -1.84. The Balaban J connectivity index is 2.49. The van der Waals surface area contributed by atoms with Crippen molar-refractivity contribution in [2.24, 2.45) is 0 Å². The summed E-state index contributed by atoms with van der Waals surface area (Å²) in [6, 6.07) is 3.73. The van der Waals surface area contributed by atoms with Crippen molar-refractivity contribution in [3.63, 3.8) is 0 Å². The van der Waals surface area contributed by atoms with Crippen molar-refractivity contribution in [3.8, 4) is 0 Å². The van der Waals surface area contributed by atoms with E-state index >= 15 is 0 Å². The van der Waals surface area contributed by atoms with Gasteiger partial charge in [-0.1, -0.05) is 0 Å². The molecule has 0 aliphatic carbocycles. The minimum absolute atomic E-state index is 0.532. The number of hydrogen-bond donors (Lipinski definition) is 0. The Morgan fingerprint density at radius 2 is 1.36 bits per heavy atom. The molecule has 4 heteroatoms. The molecule has 0 spiro atoms. The average Bonchev–Trinajstić information content (AvgIpc) is 2.59. The largest absolute Gasteiger partial charge is 0.442 e. The van der Waals surface area contributed by atoms with Gasteiger partial charge in [-0.2, -0.15) is 4.98 Å². The molecule has 3 heterocycles. The van der Waals surface area contributed by atoms with Gasteiger partial charge in [0.25, 0.3) is 0 Å². The summed E-state index contributed by atoms with van der Waals surface area (Å²) >= 11 is 0. The molecule has 3 aromatic rings. The number of aromatic nitrogens is 2. The van der Waals surface area contributed by atoms with E-state index in [2.05, 4.69) is 9.97 Å². The van der Waals surface area contributed by atoms with Crippen LogP contribution in [0, 0.1) is 13.8 Å². The molecule has 0 atom stereocenters. The smallest absolute Gasteiger partial charge is 0.248 e. The Morgan fingerprint density at radius 1 is 0.857 bits per heavy atom. The van der Waals surface area contributed by atoms with Crippen molar-refractivity contribution in [1.82, 2.24) is 9.97 Å². The summed E-state index contributed by atoms with van der Waals surface area (Å²) in [5.41, 5.74) is 2.61. The molecular formula is C10H8N2O2. The molecule has 14 heavy (non-hydrogen) atoms. The van der Waals surface area contributed by atoms with E-state index in [0.29, 0.717) is 11.4 Å². The van der Waals surface area contributed by atoms with Crippen molar-refractivity contribution < 1.29 is 8.83 Å². The molecule has 0 amide bonds. The Bertz CT molecular complexity index is 519. The number of fused-ring (bicyclic) bond motifs is 2. The fourth-order valence-corrected chi connectivity index (χ4v) is 1.52. The highest BCUT2D eigenvalue weighted by molar-refractivity contribution is 5.80. The highest BCUT2D eigenvalue weighted by atomic mass is 16.4. The Morgan fingerprint density at radius 3 is 1.86 bits per heavy atom. The number of aryl methyl sites for hydroxylation is 2. The van der Waals surface area contributed by atoms with Crippen LogP contribution in [0.1, 0.15) is 11.5 Å². The number of hydrogen-bond acceptors (Lipinski definition) is 4. The van der Waals surface area contributed by atoms with E-state index in [1.807, 2.05) is 26.0 Å². The quantitative estimate of drug-likeness (QED) is 0.544. The Kier molecular flexibility index (Phi) is 1.27. The minimum Gasteiger partial charge on any atom is -0.442 e. The summed E-state index contributed by atoms with van der Waals surface area (Å²) in [6.07, 6.45) is 0. The minimum atomic E-state index is 0.532. The standard InChI is InChI=1S/C10H8N2O2/c1-5-3-7-9(13-5)12-10-8(11-7)4-6(2)14-10/h3-4H,1-2H3. The molecule has 3 rings (SSSR count). The van der Waals surface area contributed by atoms with E-state index in [9.17, 15) is 0 Å². The van der Waals surface area contributed by atoms with Gasteiger partial charge < -0.3 is 8.83 Å². The zero-order valence-corrected chi connectivity index (χ0v) is 7.87. The third-order valence-corrected chi connectivity index (χ3v) is 2.08. The summed E-state index contributed by atoms with van der Waals surface area (Å²) in [4.78, 5) is 8.59. The molecule has 0 bridgehead atoms. The zero-order chi connectivity index (χ0) is 9.71. The summed E-state index contributed by atoms with van der Waals surface area (Å²) in [6.45, 7) is 3.74. The summed E-state index contributed by atoms with van der Waals surface area (Å²) in [7, 11) is 0. The average molecular weight is 188 g/mol. The molecule has 0 aliphatic rings. The van der Waals surface area contributed by atoms with E-state index < -0.39 is 0 Å². The summed E-state index contributed by atoms with van der Waals surface area (Å²) < 4.78 is 10.7. The van der Waals surface area contributed by atoms with Gasteiger partial charge in [-0.05, 0) is 13.8 Å². The van der Waals surface area contributed by atoms with Gasteiger partial charge in [-0.25, -0.2) is 4.98 Å². The lowest BCUT2D eigenvalue weighted by Gasteiger charge is -1.86. The van der Waals surface area contributed by atoms with E-state index in [-0.39, 0.29) is 0 Å². The third-order valence-electron chi connectivity index (χ3n) is 2.08. The van der Waals surface area contributed by atoms with Crippen molar-refractivity contribution in [2.45, 2.75) is 13.8 Å². The summed E-state index contributed by atoms with van der Waals surface area (Å²) in [5.74, 6) is 1.62. The van der Waals surface area contributed by atoms with E-state index in [0.717, 1.165) is 22.6 Å². The fourth-order valence-electron chi connectivity index (χ4n) is 1.52. The maximum absolute atomic E-state index is 5.35. The molecule has 70 valence electrons. The van der Waals surface area contributed by atoms with Crippen LogP contribution in [0.5, 0.6) is 0 Å². The second-order valence-corrected chi connectivity index (χ2v) is 3.32. The molecular weight excluding hydrogens is 180 g/mol. The molecule has 0 unspecified atom stereocenters. The zero-order valence-electron chi connectivity index (χ0n) is 7.87. The van der Waals surface area contributed by atoms with Crippen LogP contribution in [0.25, 0.3) is 22.5 Å². The monoisotopic (exact) mass is 188 g/mol. The van der Waals surface area contributed by atoms with E-state index in [1.165, 1.54) is 0 Å². The highest BCUT2D eigenvalue weighted by Gasteiger charge is 2.08. The second-order valence-electron chi connectivity index (χ2n) is 3.32. The van der Waals surface area contributed by atoms with Crippen molar-refractivity contribution in [3.05, 3.63) is 23.7 Å². The molecule has 4 nitrogen and oxygen atoms in total. The maximum Gasteiger partial charge on any atom is 0.248 e. The normalized spacial score (nSPS) is 11.6. The second kappa shape index (κ2) is 2.35. The first-order chi connectivity index (χ1) is 6.72. The van der Waals surface area contributed by atoms with Crippen molar-refractivity contribution in [2.75, 3.05) is 0 Å². The van der Waals surface area contributed by atoms with Gasteiger partial charge in [0.05, 0.1) is 0 Å². The van der Waals surface area contributed by atoms with Crippen LogP contribution in [0.3, 0.4) is 0 Å². The lowest BCUT2D eigenvalue weighted by atomic mass is 10.4. The van der Waals surface area contributed by atoms with Gasteiger partial charge in [0.2, 0.25) is 11.4 Å². The van der Waals surface area contributed by atoms with Gasteiger partial charge in [-0.3, -0.25) is 0 Å². The molecule has 0 saturated heterocycles. The van der Waals surface area contributed by atoms with Gasteiger partial charge in [0.1, 0.15) is 22.6 Å². The first-order valence-corrected chi connectivity index (χ1v) is 4.37. The first-order valence-electron chi connectivity index (χ1n) is 4.37. The van der Waals surface area contributed by atoms with Gasteiger partial charge in [0.15, 0.2) is 0 Å². The third kappa shape index (κ3) is 0.937. The number of furan rings is 2. The number of nitrogens with zero attached hydrogens (tertiary/aromatic N) is 2. The van der Waals surface area contributed by atoms with Crippen LogP contribution in [0.2, 0.25) is 0 Å². The predicted octanol–water partition coefficient (Wildman–Crippen LogP) is 2.59. The molecule has 0 radical (unpaired) electrons. The van der Waals surface area contributed by atoms with Gasteiger partial charge in [-0.15, -0.1) is 0 Å². The lowest BCUT2D eigenvalue weighted by Crippen LogP contribution is -1.78. The summed E-state index contributed by atoms with van der Waals surface area (Å²) in [5, 5.41) is 0. The molecule has 0 saturated carbocycles. The predicted molar refractivity (Wildman–Crippen MR) is 51.1 cm³/mol. The van der Waals surface area contributed by atoms with Crippen LogP contribution in [-0.2, 0) is 0 Å². The number of rotatable bonds is 0. The molecule has 0 aromatic carbocycles. The van der Waals surface area contributed by atoms with Crippen molar-refractivity contribution >= 4 is 22.5 Å². The Labute approximate surface area is 79.6 Å². The van der Waals surface area contributed by atoms with Crippen LogP contribution >= 0.6 is 0 Å². The fraction of sp³-hybridized carbons (Fsp3) is 0.200. The SMILES string of the molecule is Cc1cc2nc3cc(C)oc3nc2o1. The van der Waals surface area contributed by atoms with E-state index in [1.54, 1.807) is 0 Å². The van der Waals surface area contributed by atoms with E-state index in [4.69, 9.17) is 8.83 Å². The topological polar surface area (TPSA) is 52.1 Å². The maximum atomic E-state index is 5.35. The first kappa shape index (κ1) is 7.55. The molecule has 3 aromatic heterocycles. The molecule has 0 aliphatic heterocycles.